The van der Waals surface area contributed by atoms with E-state index < -0.39 is 0 Å². The molecular weight excluding hydrogens is 299 g/mol. The van der Waals surface area contributed by atoms with Crippen molar-refractivity contribution < 1.29 is 4.39 Å². The molecule has 1 aliphatic heterocycles. The summed E-state index contributed by atoms with van der Waals surface area (Å²) in [6.45, 7) is 6.11. The molecule has 3 rings (SSSR count). The Morgan fingerprint density at radius 2 is 1.82 bits per heavy atom. The molecule has 1 saturated carbocycles. The highest BCUT2D eigenvalue weighted by Gasteiger charge is 2.31. The number of rotatable bonds is 3. The molecule has 1 aromatic rings. The first-order chi connectivity index (χ1) is 10.3. The summed E-state index contributed by atoms with van der Waals surface area (Å²) in [5.41, 5.74) is 1.94. The fourth-order valence-corrected chi connectivity index (χ4v) is 3.98. The van der Waals surface area contributed by atoms with E-state index in [0.29, 0.717) is 12.0 Å². The second-order valence-electron chi connectivity index (χ2n) is 6.64. The maximum Gasteiger partial charge on any atom is 0.126 e. The van der Waals surface area contributed by atoms with Crippen LogP contribution in [0, 0.1) is 18.7 Å². The standard InChI is InChI=1S/C18H27FN2.ClH/c1-14-7-8-16(13-17(14)19)18(15-5-3-2-4-6-15)21-11-9-20-10-12-21;/h7-8,13,15,18,20H,2-6,9-12H2,1H3;1H/t18-;/m0./s1. The van der Waals surface area contributed by atoms with Crippen molar-refractivity contribution in [2.75, 3.05) is 26.2 Å². The van der Waals surface area contributed by atoms with Gasteiger partial charge in [-0.25, -0.2) is 4.39 Å². The average Bonchev–Trinajstić information content (AvgIpc) is 2.53. The maximum absolute atomic E-state index is 14.0. The quantitative estimate of drug-likeness (QED) is 0.900. The third-order valence-electron chi connectivity index (χ3n) is 5.18. The zero-order valence-corrected chi connectivity index (χ0v) is 14.3. The molecule has 2 nitrogen and oxygen atoms in total. The molecule has 1 aromatic carbocycles. The normalized spacial score (nSPS) is 22.1. The Morgan fingerprint density at radius 3 is 2.45 bits per heavy atom. The molecule has 22 heavy (non-hydrogen) atoms. The van der Waals surface area contributed by atoms with Crippen molar-refractivity contribution in [1.29, 1.82) is 0 Å². The Kier molecular flexibility index (Phi) is 6.66. The minimum Gasteiger partial charge on any atom is -0.314 e. The highest BCUT2D eigenvalue weighted by atomic mass is 35.5. The van der Waals surface area contributed by atoms with Gasteiger partial charge < -0.3 is 5.32 Å². The van der Waals surface area contributed by atoms with Crippen LogP contribution >= 0.6 is 12.4 Å². The SMILES string of the molecule is Cc1ccc([C@H](C2CCCCC2)N2CCNCC2)cc1F.Cl. The van der Waals surface area contributed by atoms with Crippen LogP contribution in [0.2, 0.25) is 0 Å². The van der Waals surface area contributed by atoms with E-state index in [9.17, 15) is 4.39 Å². The summed E-state index contributed by atoms with van der Waals surface area (Å²) in [5, 5.41) is 3.43. The van der Waals surface area contributed by atoms with Crippen LogP contribution in [-0.4, -0.2) is 31.1 Å². The van der Waals surface area contributed by atoms with Crippen LogP contribution in [-0.2, 0) is 0 Å². The first-order valence-corrected chi connectivity index (χ1v) is 8.46. The Labute approximate surface area is 139 Å². The van der Waals surface area contributed by atoms with Gasteiger partial charge in [0, 0.05) is 32.2 Å². The molecule has 2 aliphatic rings. The van der Waals surface area contributed by atoms with Crippen LogP contribution < -0.4 is 5.32 Å². The summed E-state index contributed by atoms with van der Waals surface area (Å²) in [7, 11) is 0. The second kappa shape index (κ2) is 8.28. The zero-order valence-electron chi connectivity index (χ0n) is 13.5. The Bertz CT molecular complexity index is 450. The van der Waals surface area contributed by atoms with Crippen LogP contribution in [0.1, 0.15) is 49.3 Å². The van der Waals surface area contributed by atoms with Crippen LogP contribution in [0.5, 0.6) is 0 Å². The van der Waals surface area contributed by atoms with Gasteiger partial charge in [-0.1, -0.05) is 31.4 Å². The van der Waals surface area contributed by atoms with Gasteiger partial charge in [0.25, 0.3) is 0 Å². The van der Waals surface area contributed by atoms with Crippen LogP contribution in [0.4, 0.5) is 4.39 Å². The van der Waals surface area contributed by atoms with Crippen LogP contribution in [0.25, 0.3) is 0 Å². The minimum absolute atomic E-state index is 0. The number of nitrogens with one attached hydrogen (secondary N) is 1. The van der Waals surface area contributed by atoms with E-state index in [2.05, 4.69) is 16.3 Å². The fourth-order valence-electron chi connectivity index (χ4n) is 3.98. The van der Waals surface area contributed by atoms with Gasteiger partial charge >= 0.3 is 0 Å². The predicted molar refractivity (Wildman–Crippen MR) is 92.1 cm³/mol. The Balaban J connectivity index is 0.00000176. The van der Waals surface area contributed by atoms with Crippen molar-refractivity contribution in [2.24, 2.45) is 5.92 Å². The van der Waals surface area contributed by atoms with Crippen molar-refractivity contribution in [3.63, 3.8) is 0 Å². The number of aryl methyl sites for hydroxylation is 1. The highest BCUT2D eigenvalue weighted by Crippen LogP contribution is 2.38. The van der Waals surface area contributed by atoms with E-state index in [1.54, 1.807) is 6.07 Å². The van der Waals surface area contributed by atoms with Gasteiger partial charge in [0.15, 0.2) is 0 Å². The molecule has 4 heteroatoms. The van der Waals surface area contributed by atoms with E-state index in [-0.39, 0.29) is 18.2 Å². The summed E-state index contributed by atoms with van der Waals surface area (Å²) in [6.07, 6.45) is 6.63. The lowest BCUT2D eigenvalue weighted by atomic mass is 9.80. The first-order valence-electron chi connectivity index (χ1n) is 8.46. The predicted octanol–water partition coefficient (Wildman–Crippen LogP) is 4.08. The average molecular weight is 327 g/mol. The molecule has 1 aliphatic carbocycles. The number of nitrogens with zero attached hydrogens (tertiary/aromatic N) is 1. The summed E-state index contributed by atoms with van der Waals surface area (Å²) in [5.74, 6) is 0.641. The second-order valence-corrected chi connectivity index (χ2v) is 6.64. The largest absolute Gasteiger partial charge is 0.314 e. The third-order valence-corrected chi connectivity index (χ3v) is 5.18. The van der Waals surface area contributed by atoms with E-state index in [4.69, 9.17) is 0 Å². The van der Waals surface area contributed by atoms with Gasteiger partial charge in [-0.3, -0.25) is 4.90 Å². The molecule has 124 valence electrons. The topological polar surface area (TPSA) is 15.3 Å². The molecule has 2 fully saturated rings. The number of hydrogen-bond acceptors (Lipinski definition) is 2. The minimum atomic E-state index is -0.0524. The monoisotopic (exact) mass is 326 g/mol. The summed E-state index contributed by atoms with van der Waals surface area (Å²) in [6, 6.07) is 6.29. The summed E-state index contributed by atoms with van der Waals surface area (Å²) in [4.78, 5) is 2.58. The van der Waals surface area contributed by atoms with Crippen LogP contribution in [0.15, 0.2) is 18.2 Å². The van der Waals surface area contributed by atoms with E-state index in [1.165, 1.54) is 37.7 Å². The van der Waals surface area contributed by atoms with Crippen molar-refractivity contribution in [1.82, 2.24) is 10.2 Å². The summed E-state index contributed by atoms with van der Waals surface area (Å²) >= 11 is 0. The van der Waals surface area contributed by atoms with E-state index in [0.717, 1.165) is 31.7 Å². The smallest absolute Gasteiger partial charge is 0.126 e. The molecule has 0 aromatic heterocycles. The molecule has 0 radical (unpaired) electrons. The fraction of sp³-hybridized carbons (Fsp3) is 0.667. The zero-order chi connectivity index (χ0) is 14.7. The van der Waals surface area contributed by atoms with Gasteiger partial charge in [0.05, 0.1) is 0 Å². The first kappa shape index (κ1) is 17.7. The lowest BCUT2D eigenvalue weighted by Gasteiger charge is -2.41. The molecule has 1 atom stereocenters. The Hall–Kier alpha value is -0.640. The molecule has 1 N–H and O–H groups in total. The third kappa shape index (κ3) is 4.01. The molecule has 0 amide bonds. The number of piperazine rings is 1. The van der Waals surface area contributed by atoms with Crippen molar-refractivity contribution >= 4 is 12.4 Å². The van der Waals surface area contributed by atoms with E-state index >= 15 is 0 Å². The number of hydrogen-bond donors (Lipinski definition) is 1. The molecule has 0 unspecified atom stereocenters. The van der Waals surface area contributed by atoms with Gasteiger partial charge in [-0.05, 0) is 42.9 Å². The highest BCUT2D eigenvalue weighted by molar-refractivity contribution is 5.85. The molecule has 0 bridgehead atoms. The number of halogens is 2. The van der Waals surface area contributed by atoms with Gasteiger partial charge in [-0.15, -0.1) is 12.4 Å². The van der Waals surface area contributed by atoms with Crippen molar-refractivity contribution in [3.05, 3.63) is 35.1 Å². The molecule has 0 spiro atoms. The van der Waals surface area contributed by atoms with Crippen LogP contribution in [0.3, 0.4) is 0 Å². The Morgan fingerprint density at radius 1 is 1.14 bits per heavy atom. The van der Waals surface area contributed by atoms with Gasteiger partial charge in [-0.2, -0.15) is 0 Å². The lowest BCUT2D eigenvalue weighted by molar-refractivity contribution is 0.103. The molecule has 1 heterocycles. The molecule has 1 saturated heterocycles. The number of benzene rings is 1. The van der Waals surface area contributed by atoms with Crippen molar-refractivity contribution in [3.8, 4) is 0 Å². The van der Waals surface area contributed by atoms with Crippen molar-refractivity contribution in [2.45, 2.75) is 45.1 Å². The summed E-state index contributed by atoms with van der Waals surface area (Å²) < 4.78 is 14.0. The van der Waals surface area contributed by atoms with Gasteiger partial charge in [0.1, 0.15) is 5.82 Å². The maximum atomic E-state index is 14.0. The van der Waals surface area contributed by atoms with Gasteiger partial charge in [0.2, 0.25) is 0 Å². The lowest BCUT2D eigenvalue weighted by Crippen LogP contribution is -2.47. The molecular formula is C18H28ClFN2. The van der Waals surface area contributed by atoms with E-state index in [1.807, 2.05) is 13.0 Å².